The Morgan fingerprint density at radius 2 is 2.12 bits per heavy atom. The standard InChI is InChI=1S/C19H19Cl2N5/c1-12(20)10-23-18-17(22)19(2,11-24-18)15-8-5-9-16(26-15)25-14-7-4-3-6-13(14)21/h3-10,24H,1,11,22H2,2H3,(H,25,26)/t19-/m1/s1. The molecular weight excluding hydrogens is 369 g/mol. The smallest absolute Gasteiger partial charge is 0.146 e. The summed E-state index contributed by atoms with van der Waals surface area (Å²) >= 11 is 11.9. The van der Waals surface area contributed by atoms with Crippen LogP contribution in [0.5, 0.6) is 0 Å². The third kappa shape index (κ3) is 3.69. The predicted molar refractivity (Wildman–Crippen MR) is 109 cm³/mol. The van der Waals surface area contributed by atoms with E-state index in [4.69, 9.17) is 33.9 Å². The SMILES string of the molecule is C=C(Cl)C=NC1=C(N)[C@@](C)(c2cccc(Nc3ccccc3Cl)n2)CN1. The van der Waals surface area contributed by atoms with Crippen LogP contribution in [0.15, 0.2) is 70.6 Å². The molecule has 0 spiro atoms. The lowest BCUT2D eigenvalue weighted by Crippen LogP contribution is -2.33. The second-order valence-electron chi connectivity index (χ2n) is 6.17. The van der Waals surface area contributed by atoms with E-state index in [0.29, 0.717) is 33.9 Å². The van der Waals surface area contributed by atoms with Crippen LogP contribution in [0.3, 0.4) is 0 Å². The molecule has 0 saturated carbocycles. The molecule has 0 bridgehead atoms. The number of nitrogens with two attached hydrogens (primary N) is 1. The van der Waals surface area contributed by atoms with Gasteiger partial charge in [0.05, 0.1) is 32.5 Å². The number of nitrogens with one attached hydrogen (secondary N) is 2. The maximum atomic E-state index is 6.35. The summed E-state index contributed by atoms with van der Waals surface area (Å²) in [5.74, 6) is 1.27. The highest BCUT2D eigenvalue weighted by Gasteiger charge is 2.38. The highest BCUT2D eigenvalue weighted by atomic mass is 35.5. The largest absolute Gasteiger partial charge is 0.398 e. The molecule has 0 aliphatic carbocycles. The predicted octanol–water partition coefficient (Wildman–Crippen LogP) is 4.29. The quantitative estimate of drug-likeness (QED) is 0.668. The van der Waals surface area contributed by atoms with E-state index in [1.165, 1.54) is 6.21 Å². The van der Waals surface area contributed by atoms with E-state index in [9.17, 15) is 0 Å². The zero-order chi connectivity index (χ0) is 18.7. The van der Waals surface area contributed by atoms with Crippen molar-refractivity contribution in [3.63, 3.8) is 0 Å². The molecule has 7 heteroatoms. The molecule has 3 rings (SSSR count). The maximum absolute atomic E-state index is 6.35. The summed E-state index contributed by atoms with van der Waals surface area (Å²) in [7, 11) is 0. The van der Waals surface area contributed by atoms with Gasteiger partial charge in [0, 0.05) is 12.8 Å². The molecule has 2 heterocycles. The van der Waals surface area contributed by atoms with E-state index in [1.807, 2.05) is 49.4 Å². The number of anilines is 2. The van der Waals surface area contributed by atoms with Crippen molar-refractivity contribution in [1.29, 1.82) is 0 Å². The van der Waals surface area contributed by atoms with E-state index in [-0.39, 0.29) is 0 Å². The van der Waals surface area contributed by atoms with Crippen molar-refractivity contribution in [2.24, 2.45) is 10.7 Å². The molecule has 1 aliphatic rings. The van der Waals surface area contributed by atoms with E-state index >= 15 is 0 Å². The maximum Gasteiger partial charge on any atom is 0.146 e. The van der Waals surface area contributed by atoms with Gasteiger partial charge in [-0.25, -0.2) is 9.98 Å². The van der Waals surface area contributed by atoms with Gasteiger partial charge in [-0.2, -0.15) is 0 Å². The van der Waals surface area contributed by atoms with Crippen LogP contribution in [0.4, 0.5) is 11.5 Å². The van der Waals surface area contributed by atoms with Gasteiger partial charge in [0.25, 0.3) is 0 Å². The molecule has 1 aromatic carbocycles. The minimum atomic E-state index is -0.488. The topological polar surface area (TPSA) is 75.3 Å². The van der Waals surface area contributed by atoms with E-state index < -0.39 is 5.41 Å². The second-order valence-corrected chi connectivity index (χ2v) is 7.06. The summed E-state index contributed by atoms with van der Waals surface area (Å²) in [5, 5.41) is 7.41. The molecule has 0 amide bonds. The van der Waals surface area contributed by atoms with Crippen LogP contribution in [0.2, 0.25) is 5.02 Å². The summed E-state index contributed by atoms with van der Waals surface area (Å²) in [6, 6.07) is 13.3. The number of allylic oxidation sites excluding steroid dienone is 1. The lowest BCUT2D eigenvalue weighted by atomic mass is 9.85. The monoisotopic (exact) mass is 387 g/mol. The van der Waals surface area contributed by atoms with Gasteiger partial charge >= 0.3 is 0 Å². The molecule has 0 unspecified atom stereocenters. The van der Waals surface area contributed by atoms with Crippen molar-refractivity contribution in [2.75, 3.05) is 11.9 Å². The Morgan fingerprint density at radius 3 is 2.85 bits per heavy atom. The van der Waals surface area contributed by atoms with E-state index in [1.54, 1.807) is 0 Å². The number of aliphatic imine (C=N–C) groups is 1. The summed E-state index contributed by atoms with van der Waals surface area (Å²) < 4.78 is 0. The van der Waals surface area contributed by atoms with Crippen molar-refractivity contribution in [1.82, 2.24) is 10.3 Å². The van der Waals surface area contributed by atoms with Crippen LogP contribution in [0.25, 0.3) is 0 Å². The first-order valence-corrected chi connectivity index (χ1v) is 8.77. The zero-order valence-electron chi connectivity index (χ0n) is 14.3. The van der Waals surface area contributed by atoms with Crippen LogP contribution in [0.1, 0.15) is 12.6 Å². The number of hydrogen-bond donors (Lipinski definition) is 3. The summed E-state index contributed by atoms with van der Waals surface area (Å²) in [6.07, 6.45) is 1.46. The zero-order valence-corrected chi connectivity index (χ0v) is 15.8. The van der Waals surface area contributed by atoms with Gasteiger partial charge in [0.2, 0.25) is 0 Å². The molecule has 134 valence electrons. The van der Waals surface area contributed by atoms with Crippen LogP contribution < -0.4 is 16.4 Å². The Morgan fingerprint density at radius 1 is 1.35 bits per heavy atom. The lowest BCUT2D eigenvalue weighted by molar-refractivity contribution is 0.554. The molecule has 1 aromatic heterocycles. The first kappa shape index (κ1) is 18.3. The molecule has 2 aromatic rings. The fourth-order valence-corrected chi connectivity index (χ4v) is 2.93. The van der Waals surface area contributed by atoms with E-state index in [2.05, 4.69) is 22.2 Å². The summed E-state index contributed by atoms with van der Waals surface area (Å²) in [6.45, 7) is 6.20. The molecule has 26 heavy (non-hydrogen) atoms. The average molecular weight is 388 g/mol. The molecule has 1 atom stereocenters. The van der Waals surface area contributed by atoms with Gasteiger partial charge in [-0.1, -0.05) is 48.0 Å². The highest BCUT2D eigenvalue weighted by Crippen LogP contribution is 2.34. The third-order valence-corrected chi connectivity index (χ3v) is 4.67. The number of hydrogen-bond acceptors (Lipinski definition) is 5. The van der Waals surface area contributed by atoms with Crippen molar-refractivity contribution in [2.45, 2.75) is 12.3 Å². The van der Waals surface area contributed by atoms with Crippen LogP contribution in [-0.2, 0) is 5.41 Å². The number of aromatic nitrogens is 1. The normalized spacial score (nSPS) is 19.7. The van der Waals surface area contributed by atoms with Crippen molar-refractivity contribution >= 4 is 40.9 Å². The second kappa shape index (κ2) is 7.40. The van der Waals surface area contributed by atoms with Crippen molar-refractivity contribution in [3.05, 3.63) is 76.3 Å². The molecule has 0 fully saturated rings. The minimum absolute atomic E-state index is 0.338. The van der Waals surface area contributed by atoms with Crippen LogP contribution in [0, 0.1) is 0 Å². The molecular formula is C19H19Cl2N5. The Hall–Kier alpha value is -2.50. The summed E-state index contributed by atoms with van der Waals surface area (Å²) in [5.41, 5.74) is 8.09. The Balaban J connectivity index is 1.90. The van der Waals surface area contributed by atoms with Crippen molar-refractivity contribution in [3.8, 4) is 0 Å². The summed E-state index contributed by atoms with van der Waals surface area (Å²) in [4.78, 5) is 8.98. The molecule has 5 nitrogen and oxygen atoms in total. The van der Waals surface area contributed by atoms with Gasteiger partial charge in [-0.15, -0.1) is 0 Å². The molecule has 0 saturated heterocycles. The fraction of sp³-hybridized carbons (Fsp3) is 0.158. The van der Waals surface area contributed by atoms with Gasteiger partial charge < -0.3 is 16.4 Å². The number of halogens is 2. The van der Waals surface area contributed by atoms with E-state index in [0.717, 1.165) is 11.4 Å². The molecule has 0 radical (unpaired) electrons. The number of pyridine rings is 1. The molecule has 1 aliphatic heterocycles. The van der Waals surface area contributed by atoms with Crippen molar-refractivity contribution < 1.29 is 0 Å². The van der Waals surface area contributed by atoms with Gasteiger partial charge in [0.15, 0.2) is 0 Å². The Labute approximate surface area is 162 Å². The fourth-order valence-electron chi connectivity index (χ4n) is 2.70. The minimum Gasteiger partial charge on any atom is -0.398 e. The average Bonchev–Trinajstić information content (AvgIpc) is 2.91. The van der Waals surface area contributed by atoms with Gasteiger partial charge in [-0.05, 0) is 31.2 Å². The van der Waals surface area contributed by atoms with Gasteiger partial charge in [0.1, 0.15) is 11.6 Å². The number of nitrogens with zero attached hydrogens (tertiary/aromatic N) is 2. The van der Waals surface area contributed by atoms with Crippen LogP contribution in [-0.4, -0.2) is 17.7 Å². The first-order chi connectivity index (χ1) is 12.4. The number of para-hydroxylation sites is 1. The third-order valence-electron chi connectivity index (χ3n) is 4.24. The first-order valence-electron chi connectivity index (χ1n) is 8.02. The van der Waals surface area contributed by atoms with Crippen LogP contribution >= 0.6 is 23.2 Å². The Kier molecular flexibility index (Phi) is 5.20. The Bertz CT molecular complexity index is 906. The van der Waals surface area contributed by atoms with Gasteiger partial charge in [-0.3, -0.25) is 0 Å². The molecule has 4 N–H and O–H groups in total. The number of rotatable bonds is 5. The lowest BCUT2D eigenvalue weighted by Gasteiger charge is -2.24. The number of benzene rings is 1. The highest BCUT2D eigenvalue weighted by molar-refractivity contribution is 6.38.